The van der Waals surface area contributed by atoms with Gasteiger partial charge in [0.25, 0.3) is 0 Å². The zero-order valence-corrected chi connectivity index (χ0v) is 10.5. The second-order valence-corrected chi connectivity index (χ2v) is 6.10. The predicted octanol–water partition coefficient (Wildman–Crippen LogP) is 3.11. The fourth-order valence-electron chi connectivity index (χ4n) is 1.82. The van der Waals surface area contributed by atoms with E-state index in [9.17, 15) is 0 Å². The zero-order valence-electron chi connectivity index (χ0n) is 8.11. The lowest BCUT2D eigenvalue weighted by Gasteiger charge is -2.09. The van der Waals surface area contributed by atoms with Crippen LogP contribution in [0.2, 0.25) is 0 Å². The van der Waals surface area contributed by atoms with E-state index in [0.717, 1.165) is 33.3 Å². The maximum absolute atomic E-state index is 4.58. The highest BCUT2D eigenvalue weighted by Crippen LogP contribution is 2.29. The molecule has 1 aliphatic rings. The molecule has 15 heavy (non-hydrogen) atoms. The molecule has 0 unspecified atom stereocenters. The minimum atomic E-state index is 0.877. The molecule has 1 aliphatic heterocycles. The predicted molar refractivity (Wildman–Crippen MR) is 64.0 cm³/mol. The van der Waals surface area contributed by atoms with Crippen LogP contribution in [0.3, 0.4) is 0 Å². The van der Waals surface area contributed by atoms with E-state index in [2.05, 4.69) is 32.1 Å². The van der Waals surface area contributed by atoms with E-state index in [1.54, 1.807) is 11.3 Å². The van der Waals surface area contributed by atoms with Gasteiger partial charge in [-0.1, -0.05) is 0 Å². The van der Waals surface area contributed by atoms with Gasteiger partial charge in [-0.05, 0) is 40.9 Å². The topological polar surface area (TPSA) is 30.7 Å². The molecule has 3 heterocycles. The van der Waals surface area contributed by atoms with Crippen LogP contribution in [0.4, 0.5) is 0 Å². The SMILES string of the molecule is Brc1ccc(-c2nc3n(n2)CCCC3)s1. The maximum Gasteiger partial charge on any atom is 0.191 e. The third kappa shape index (κ3) is 1.74. The van der Waals surface area contributed by atoms with Crippen LogP contribution in [0.5, 0.6) is 0 Å². The molecule has 0 N–H and O–H groups in total. The standard InChI is InChI=1S/C10H10BrN3S/c11-8-5-4-7(15-8)10-12-9-3-1-2-6-14(9)13-10/h4-5H,1-3,6H2. The number of halogens is 1. The summed E-state index contributed by atoms with van der Waals surface area (Å²) in [5.74, 6) is 2.02. The molecule has 0 fully saturated rings. The highest BCUT2D eigenvalue weighted by molar-refractivity contribution is 9.11. The average molecular weight is 284 g/mol. The van der Waals surface area contributed by atoms with E-state index in [-0.39, 0.29) is 0 Å². The summed E-state index contributed by atoms with van der Waals surface area (Å²) in [4.78, 5) is 5.72. The first-order chi connectivity index (χ1) is 7.33. The Kier molecular flexibility index (Phi) is 2.36. The Balaban J connectivity index is 2.02. The van der Waals surface area contributed by atoms with E-state index in [1.807, 2.05) is 10.7 Å². The van der Waals surface area contributed by atoms with Crippen molar-refractivity contribution < 1.29 is 0 Å². The van der Waals surface area contributed by atoms with Crippen molar-refractivity contribution in [3.8, 4) is 10.7 Å². The molecule has 0 aliphatic carbocycles. The summed E-state index contributed by atoms with van der Waals surface area (Å²) in [5.41, 5.74) is 0. The minimum absolute atomic E-state index is 0.877. The van der Waals surface area contributed by atoms with Gasteiger partial charge < -0.3 is 0 Å². The van der Waals surface area contributed by atoms with E-state index >= 15 is 0 Å². The van der Waals surface area contributed by atoms with Gasteiger partial charge >= 0.3 is 0 Å². The average Bonchev–Trinajstić information content (AvgIpc) is 2.82. The summed E-state index contributed by atoms with van der Waals surface area (Å²) < 4.78 is 3.18. The summed E-state index contributed by atoms with van der Waals surface area (Å²) in [6.45, 7) is 1.02. The molecule has 78 valence electrons. The molecule has 5 heteroatoms. The van der Waals surface area contributed by atoms with Crippen LogP contribution in [0, 0.1) is 0 Å². The number of nitrogens with zero attached hydrogens (tertiary/aromatic N) is 3. The number of hydrogen-bond donors (Lipinski definition) is 0. The summed E-state index contributed by atoms with van der Waals surface area (Å²) in [5, 5.41) is 4.53. The van der Waals surface area contributed by atoms with Crippen molar-refractivity contribution in [2.75, 3.05) is 0 Å². The fraction of sp³-hybridized carbons (Fsp3) is 0.400. The Labute approximate surface area is 100 Å². The molecular formula is C10H10BrN3S. The molecule has 2 aromatic rings. The van der Waals surface area contributed by atoms with Crippen LogP contribution < -0.4 is 0 Å². The van der Waals surface area contributed by atoms with E-state index < -0.39 is 0 Å². The number of aryl methyl sites for hydroxylation is 2. The second kappa shape index (κ2) is 3.72. The molecule has 0 aromatic carbocycles. The molecule has 3 nitrogen and oxygen atoms in total. The van der Waals surface area contributed by atoms with Gasteiger partial charge in [-0.25, -0.2) is 9.67 Å². The molecule has 3 rings (SSSR count). The van der Waals surface area contributed by atoms with Gasteiger partial charge in [-0.2, -0.15) is 0 Å². The first-order valence-electron chi connectivity index (χ1n) is 5.02. The summed E-state index contributed by atoms with van der Waals surface area (Å²) in [6.07, 6.45) is 3.54. The normalized spacial score (nSPS) is 15.3. The summed E-state index contributed by atoms with van der Waals surface area (Å²) in [6, 6.07) is 4.11. The quantitative estimate of drug-likeness (QED) is 0.805. The van der Waals surface area contributed by atoms with Crippen LogP contribution in [-0.4, -0.2) is 14.8 Å². The van der Waals surface area contributed by atoms with Crippen molar-refractivity contribution >= 4 is 27.3 Å². The Morgan fingerprint density at radius 1 is 1.33 bits per heavy atom. The van der Waals surface area contributed by atoms with Gasteiger partial charge in [-0.3, -0.25) is 0 Å². The molecule has 0 saturated heterocycles. The van der Waals surface area contributed by atoms with Crippen molar-refractivity contribution in [2.24, 2.45) is 0 Å². The molecule has 0 radical (unpaired) electrons. The Bertz CT molecular complexity index is 465. The fourth-order valence-corrected chi connectivity index (χ4v) is 3.14. The number of fused-ring (bicyclic) bond motifs is 1. The lowest BCUT2D eigenvalue weighted by molar-refractivity contribution is 0.480. The van der Waals surface area contributed by atoms with Crippen LogP contribution in [0.1, 0.15) is 18.7 Å². The van der Waals surface area contributed by atoms with E-state index in [4.69, 9.17) is 0 Å². The van der Waals surface area contributed by atoms with Crippen LogP contribution in [0.15, 0.2) is 15.9 Å². The second-order valence-electron chi connectivity index (χ2n) is 3.64. The Morgan fingerprint density at radius 3 is 3.00 bits per heavy atom. The van der Waals surface area contributed by atoms with Gasteiger partial charge in [0, 0.05) is 13.0 Å². The molecule has 0 amide bonds. The van der Waals surface area contributed by atoms with Gasteiger partial charge in [0.15, 0.2) is 5.82 Å². The van der Waals surface area contributed by atoms with Crippen molar-refractivity contribution in [2.45, 2.75) is 25.8 Å². The number of hydrogen-bond acceptors (Lipinski definition) is 3. The van der Waals surface area contributed by atoms with Gasteiger partial charge in [0.2, 0.25) is 0 Å². The third-order valence-electron chi connectivity index (χ3n) is 2.56. The van der Waals surface area contributed by atoms with Crippen molar-refractivity contribution in [1.29, 1.82) is 0 Å². The monoisotopic (exact) mass is 283 g/mol. The van der Waals surface area contributed by atoms with Crippen LogP contribution in [0.25, 0.3) is 10.7 Å². The van der Waals surface area contributed by atoms with E-state index in [0.29, 0.717) is 0 Å². The number of aromatic nitrogens is 3. The van der Waals surface area contributed by atoms with Crippen molar-refractivity contribution in [1.82, 2.24) is 14.8 Å². The third-order valence-corrected chi connectivity index (χ3v) is 4.18. The summed E-state index contributed by atoms with van der Waals surface area (Å²) in [7, 11) is 0. The minimum Gasteiger partial charge on any atom is -0.249 e. The van der Waals surface area contributed by atoms with Gasteiger partial charge in [0.1, 0.15) is 5.82 Å². The Morgan fingerprint density at radius 2 is 2.27 bits per heavy atom. The smallest absolute Gasteiger partial charge is 0.191 e. The van der Waals surface area contributed by atoms with Gasteiger partial charge in [0.05, 0.1) is 8.66 Å². The molecule has 2 aromatic heterocycles. The first kappa shape index (κ1) is 9.54. The van der Waals surface area contributed by atoms with Crippen LogP contribution >= 0.6 is 27.3 Å². The first-order valence-corrected chi connectivity index (χ1v) is 6.63. The van der Waals surface area contributed by atoms with E-state index in [1.165, 1.54) is 12.8 Å². The zero-order chi connectivity index (χ0) is 10.3. The van der Waals surface area contributed by atoms with Crippen molar-refractivity contribution in [3.63, 3.8) is 0 Å². The number of rotatable bonds is 1. The largest absolute Gasteiger partial charge is 0.249 e. The summed E-state index contributed by atoms with van der Waals surface area (Å²) >= 11 is 5.14. The molecule has 0 atom stereocenters. The Hall–Kier alpha value is -0.680. The maximum atomic E-state index is 4.58. The van der Waals surface area contributed by atoms with Gasteiger partial charge in [-0.15, -0.1) is 16.4 Å². The lowest BCUT2D eigenvalue weighted by atomic mass is 10.2. The molecular weight excluding hydrogens is 274 g/mol. The van der Waals surface area contributed by atoms with Crippen molar-refractivity contribution in [3.05, 3.63) is 21.7 Å². The highest BCUT2D eigenvalue weighted by Gasteiger charge is 2.15. The molecule has 0 bridgehead atoms. The highest BCUT2D eigenvalue weighted by atomic mass is 79.9. The molecule has 0 saturated carbocycles. The number of thiophene rings is 1. The molecule has 0 spiro atoms. The lowest BCUT2D eigenvalue weighted by Crippen LogP contribution is -2.11. The van der Waals surface area contributed by atoms with Crippen LogP contribution in [-0.2, 0) is 13.0 Å².